The van der Waals surface area contributed by atoms with Crippen LogP contribution in [0.4, 0.5) is 0 Å². The number of methoxy groups -OCH3 is 1. The molecule has 18 heavy (non-hydrogen) atoms. The molecule has 1 aromatic heterocycles. The van der Waals surface area contributed by atoms with Gasteiger partial charge >= 0.3 is 0 Å². The van der Waals surface area contributed by atoms with Gasteiger partial charge in [-0.3, -0.25) is 4.79 Å². The third-order valence-corrected chi connectivity index (χ3v) is 2.98. The average Bonchev–Trinajstić information content (AvgIpc) is 2.81. The van der Waals surface area contributed by atoms with Crippen molar-refractivity contribution in [3.63, 3.8) is 0 Å². The Labute approximate surface area is 109 Å². The second kappa shape index (κ2) is 4.82. The summed E-state index contributed by atoms with van der Waals surface area (Å²) in [7, 11) is 1.58. The summed E-state index contributed by atoms with van der Waals surface area (Å²) in [5.74, 6) is 0.701. The largest absolute Gasteiger partial charge is 0.496 e. The first-order valence-corrected chi connectivity index (χ1v) is 5.73. The minimum Gasteiger partial charge on any atom is -0.496 e. The van der Waals surface area contributed by atoms with Crippen molar-refractivity contribution in [2.45, 2.75) is 13.8 Å². The molecule has 0 saturated carbocycles. The monoisotopic (exact) mass is 265 g/mol. The number of aromatic nitrogens is 1. The Morgan fingerprint density at radius 3 is 2.50 bits per heavy atom. The predicted octanol–water partition coefficient (Wildman–Crippen LogP) is 3.35. The van der Waals surface area contributed by atoms with E-state index in [1.807, 2.05) is 26.0 Å². The highest BCUT2D eigenvalue weighted by Crippen LogP contribution is 2.32. The van der Waals surface area contributed by atoms with E-state index in [-0.39, 0.29) is 5.76 Å². The smallest absolute Gasteiger partial charge is 0.290 e. The average molecular weight is 266 g/mol. The standard InChI is InChI=1S/C13H12ClNO3/c1-7-4-9(11(17-3)5-8(7)2)10-6-12(13(14)16)18-15-10/h4-6H,1-3H3. The lowest BCUT2D eigenvalue weighted by Gasteiger charge is -2.09. The summed E-state index contributed by atoms with van der Waals surface area (Å²) >= 11 is 5.33. The van der Waals surface area contributed by atoms with Gasteiger partial charge < -0.3 is 9.26 Å². The number of nitrogens with zero attached hydrogens (tertiary/aromatic N) is 1. The Morgan fingerprint density at radius 2 is 1.94 bits per heavy atom. The molecule has 1 heterocycles. The number of ether oxygens (including phenoxy) is 1. The molecule has 0 fully saturated rings. The molecular formula is C13H12ClNO3. The fourth-order valence-electron chi connectivity index (χ4n) is 1.65. The van der Waals surface area contributed by atoms with Crippen molar-refractivity contribution in [1.29, 1.82) is 0 Å². The van der Waals surface area contributed by atoms with Gasteiger partial charge in [0.1, 0.15) is 11.4 Å². The molecule has 0 spiro atoms. The first-order chi connectivity index (χ1) is 8.52. The predicted molar refractivity (Wildman–Crippen MR) is 68.1 cm³/mol. The van der Waals surface area contributed by atoms with Gasteiger partial charge in [0.2, 0.25) is 5.76 Å². The summed E-state index contributed by atoms with van der Waals surface area (Å²) in [5.41, 5.74) is 3.52. The van der Waals surface area contributed by atoms with Gasteiger partial charge in [-0.05, 0) is 48.7 Å². The molecule has 0 aliphatic heterocycles. The van der Waals surface area contributed by atoms with Crippen LogP contribution in [0.5, 0.6) is 5.75 Å². The summed E-state index contributed by atoms with van der Waals surface area (Å²) in [6.07, 6.45) is 0. The molecule has 0 N–H and O–H groups in total. The Hall–Kier alpha value is -1.81. The Kier molecular flexibility index (Phi) is 3.39. The number of carbonyl (C=O) groups is 1. The van der Waals surface area contributed by atoms with Crippen molar-refractivity contribution in [1.82, 2.24) is 5.16 Å². The van der Waals surface area contributed by atoms with E-state index in [4.69, 9.17) is 20.9 Å². The van der Waals surface area contributed by atoms with Gasteiger partial charge in [0, 0.05) is 11.6 Å². The molecule has 0 unspecified atom stereocenters. The molecule has 4 nitrogen and oxygen atoms in total. The number of aryl methyl sites for hydroxylation is 2. The number of halogens is 1. The van der Waals surface area contributed by atoms with Crippen molar-refractivity contribution in [3.8, 4) is 17.0 Å². The number of hydrogen-bond acceptors (Lipinski definition) is 4. The highest BCUT2D eigenvalue weighted by Gasteiger charge is 2.15. The van der Waals surface area contributed by atoms with Crippen molar-refractivity contribution in [2.75, 3.05) is 7.11 Å². The lowest BCUT2D eigenvalue weighted by Crippen LogP contribution is -1.91. The van der Waals surface area contributed by atoms with Crippen LogP contribution < -0.4 is 4.74 Å². The molecule has 1 aromatic carbocycles. The molecule has 0 amide bonds. The minimum atomic E-state index is -0.670. The number of benzene rings is 1. The van der Waals surface area contributed by atoms with E-state index in [9.17, 15) is 4.79 Å². The zero-order chi connectivity index (χ0) is 13.3. The summed E-state index contributed by atoms with van der Waals surface area (Å²) in [6, 6.07) is 5.36. The highest BCUT2D eigenvalue weighted by molar-refractivity contribution is 6.67. The van der Waals surface area contributed by atoms with Crippen molar-refractivity contribution < 1.29 is 14.1 Å². The number of rotatable bonds is 3. The second-order valence-corrected chi connectivity index (χ2v) is 4.33. The van der Waals surface area contributed by atoms with E-state index in [2.05, 4.69) is 5.16 Å². The Morgan fingerprint density at radius 1 is 1.28 bits per heavy atom. The Balaban J connectivity index is 2.55. The van der Waals surface area contributed by atoms with Crippen molar-refractivity contribution >= 4 is 16.8 Å². The van der Waals surface area contributed by atoms with Gasteiger partial charge in [-0.15, -0.1) is 0 Å². The maximum atomic E-state index is 11.0. The quantitative estimate of drug-likeness (QED) is 0.799. The Bertz CT molecular complexity index is 604. The SMILES string of the molecule is COc1cc(C)c(C)cc1-c1cc(C(=O)Cl)on1. The van der Waals surface area contributed by atoms with Crippen LogP contribution in [0.1, 0.15) is 21.7 Å². The minimum absolute atomic E-state index is 0.0203. The zero-order valence-corrected chi connectivity index (χ0v) is 11.0. The first kappa shape index (κ1) is 12.6. The van der Waals surface area contributed by atoms with Crippen LogP contribution >= 0.6 is 11.6 Å². The van der Waals surface area contributed by atoms with Gasteiger partial charge in [0.15, 0.2) is 0 Å². The molecule has 0 bridgehead atoms. The summed E-state index contributed by atoms with van der Waals surface area (Å²) in [6.45, 7) is 3.99. The third-order valence-electron chi connectivity index (χ3n) is 2.80. The molecule has 0 aliphatic carbocycles. The maximum Gasteiger partial charge on any atom is 0.290 e. The fraction of sp³-hybridized carbons (Fsp3) is 0.231. The van der Waals surface area contributed by atoms with Crippen LogP contribution in [-0.2, 0) is 0 Å². The summed E-state index contributed by atoms with van der Waals surface area (Å²) < 4.78 is 10.2. The normalized spacial score (nSPS) is 10.4. The summed E-state index contributed by atoms with van der Waals surface area (Å²) in [4.78, 5) is 11.0. The third kappa shape index (κ3) is 2.24. The molecule has 94 valence electrons. The maximum absolute atomic E-state index is 11.0. The van der Waals surface area contributed by atoms with Gasteiger partial charge in [0.05, 0.1) is 7.11 Å². The van der Waals surface area contributed by atoms with Crippen LogP contribution in [0, 0.1) is 13.8 Å². The molecule has 5 heteroatoms. The lowest BCUT2D eigenvalue weighted by molar-refractivity contribution is 0.104. The lowest BCUT2D eigenvalue weighted by atomic mass is 10.0. The second-order valence-electron chi connectivity index (χ2n) is 3.99. The van der Waals surface area contributed by atoms with Gasteiger partial charge in [-0.2, -0.15) is 0 Å². The molecule has 0 radical (unpaired) electrons. The van der Waals surface area contributed by atoms with E-state index < -0.39 is 5.24 Å². The summed E-state index contributed by atoms with van der Waals surface area (Å²) in [5, 5.41) is 3.16. The van der Waals surface area contributed by atoms with Crippen LogP contribution in [0.3, 0.4) is 0 Å². The first-order valence-electron chi connectivity index (χ1n) is 5.35. The van der Waals surface area contributed by atoms with Crippen LogP contribution in [0.15, 0.2) is 22.7 Å². The van der Waals surface area contributed by atoms with Gasteiger partial charge in [-0.25, -0.2) is 0 Å². The molecule has 2 rings (SSSR count). The molecule has 0 atom stereocenters. The van der Waals surface area contributed by atoms with E-state index >= 15 is 0 Å². The van der Waals surface area contributed by atoms with E-state index in [1.165, 1.54) is 6.07 Å². The van der Waals surface area contributed by atoms with Gasteiger partial charge in [0.25, 0.3) is 5.24 Å². The van der Waals surface area contributed by atoms with Gasteiger partial charge in [-0.1, -0.05) is 5.16 Å². The van der Waals surface area contributed by atoms with E-state index in [1.54, 1.807) is 7.11 Å². The topological polar surface area (TPSA) is 52.3 Å². The van der Waals surface area contributed by atoms with Crippen LogP contribution in [0.2, 0.25) is 0 Å². The van der Waals surface area contributed by atoms with Crippen LogP contribution in [0.25, 0.3) is 11.3 Å². The van der Waals surface area contributed by atoms with Crippen molar-refractivity contribution in [3.05, 3.63) is 35.1 Å². The molecule has 2 aromatic rings. The van der Waals surface area contributed by atoms with E-state index in [0.717, 1.165) is 16.7 Å². The van der Waals surface area contributed by atoms with Crippen molar-refractivity contribution in [2.24, 2.45) is 0 Å². The highest BCUT2D eigenvalue weighted by atomic mass is 35.5. The number of carbonyl (C=O) groups excluding carboxylic acids is 1. The molecule has 0 aliphatic rings. The van der Waals surface area contributed by atoms with Crippen LogP contribution in [-0.4, -0.2) is 17.5 Å². The molecule has 0 saturated heterocycles. The zero-order valence-electron chi connectivity index (χ0n) is 10.3. The fourth-order valence-corrected chi connectivity index (χ4v) is 1.74. The van der Waals surface area contributed by atoms with E-state index in [0.29, 0.717) is 11.4 Å². The molecular weight excluding hydrogens is 254 g/mol. The number of hydrogen-bond donors (Lipinski definition) is 0.